The number of anilines is 1. The highest BCUT2D eigenvalue weighted by Crippen LogP contribution is 2.32. The summed E-state index contributed by atoms with van der Waals surface area (Å²) < 4.78 is 0. The van der Waals surface area contributed by atoms with Gasteiger partial charge >= 0.3 is 12.0 Å². The molecule has 8 heteroatoms. The molecule has 0 bridgehead atoms. The molecule has 1 rings (SSSR count). The van der Waals surface area contributed by atoms with Crippen molar-refractivity contribution >= 4 is 52.5 Å². The van der Waals surface area contributed by atoms with Crippen LogP contribution in [0.3, 0.4) is 0 Å². The van der Waals surface area contributed by atoms with Crippen molar-refractivity contribution in [3.8, 4) is 0 Å². The molecule has 0 aliphatic heterocycles. The topological polar surface area (TPSA) is 78.4 Å². The van der Waals surface area contributed by atoms with Gasteiger partial charge in [-0.15, -0.1) is 0 Å². The van der Waals surface area contributed by atoms with Crippen LogP contribution in [0.4, 0.5) is 10.5 Å². The molecule has 1 aromatic carbocycles. The highest BCUT2D eigenvalue weighted by molar-refractivity contribution is 6.44. The number of carbonyl (C=O) groups excluding carboxylic acids is 1. The number of amides is 2. The molecular formula is C11H11Cl3N2O3. The molecule has 1 atom stereocenters. The van der Waals surface area contributed by atoms with Crippen LogP contribution in [0.25, 0.3) is 0 Å². The van der Waals surface area contributed by atoms with Crippen LogP contribution in [-0.4, -0.2) is 23.1 Å². The molecule has 0 aliphatic carbocycles. The molecule has 0 saturated heterocycles. The summed E-state index contributed by atoms with van der Waals surface area (Å²) in [5.41, 5.74) is 0.288. The quantitative estimate of drug-likeness (QED) is 0.740. The van der Waals surface area contributed by atoms with Crippen LogP contribution in [-0.2, 0) is 4.79 Å². The van der Waals surface area contributed by atoms with E-state index in [0.29, 0.717) is 0 Å². The molecule has 0 heterocycles. The molecular weight excluding hydrogens is 314 g/mol. The number of aliphatic carboxylic acids is 1. The van der Waals surface area contributed by atoms with Crippen molar-refractivity contribution in [3.63, 3.8) is 0 Å². The number of carbonyl (C=O) groups is 2. The first-order chi connectivity index (χ1) is 8.79. The van der Waals surface area contributed by atoms with Gasteiger partial charge in [0, 0.05) is 6.04 Å². The Morgan fingerprint density at radius 1 is 1.21 bits per heavy atom. The zero-order valence-electron chi connectivity index (χ0n) is 9.84. The Balaban J connectivity index is 2.67. The lowest BCUT2D eigenvalue weighted by molar-refractivity contribution is -0.137. The zero-order chi connectivity index (χ0) is 14.6. The zero-order valence-corrected chi connectivity index (χ0v) is 12.1. The molecule has 0 saturated carbocycles. The highest BCUT2D eigenvalue weighted by atomic mass is 35.5. The fourth-order valence-corrected chi connectivity index (χ4v) is 1.91. The maximum atomic E-state index is 11.6. The predicted molar refractivity (Wildman–Crippen MR) is 75.3 cm³/mol. The molecule has 3 N–H and O–H groups in total. The van der Waals surface area contributed by atoms with Gasteiger partial charge in [-0.2, -0.15) is 0 Å². The number of carboxylic acids is 1. The van der Waals surface area contributed by atoms with E-state index in [-0.39, 0.29) is 27.2 Å². The van der Waals surface area contributed by atoms with E-state index < -0.39 is 18.0 Å². The molecule has 104 valence electrons. The first-order valence-electron chi connectivity index (χ1n) is 5.23. The molecule has 5 nitrogen and oxygen atoms in total. The molecule has 0 radical (unpaired) electrons. The second kappa shape index (κ2) is 6.84. The normalized spacial score (nSPS) is 11.8. The molecule has 19 heavy (non-hydrogen) atoms. The number of hydrogen-bond acceptors (Lipinski definition) is 2. The second-order valence-corrected chi connectivity index (χ2v) is 5.07. The maximum Gasteiger partial charge on any atom is 0.319 e. The number of nitrogens with one attached hydrogen (secondary N) is 2. The van der Waals surface area contributed by atoms with Gasteiger partial charge in [0.2, 0.25) is 0 Å². The van der Waals surface area contributed by atoms with Crippen molar-refractivity contribution in [2.24, 2.45) is 0 Å². The van der Waals surface area contributed by atoms with Gasteiger partial charge in [0.05, 0.1) is 27.2 Å². The van der Waals surface area contributed by atoms with Gasteiger partial charge in [0.15, 0.2) is 0 Å². The monoisotopic (exact) mass is 324 g/mol. The molecule has 0 spiro atoms. The van der Waals surface area contributed by atoms with Crippen LogP contribution >= 0.6 is 34.8 Å². The molecule has 0 aromatic heterocycles. The lowest BCUT2D eigenvalue weighted by Crippen LogP contribution is -2.37. The van der Waals surface area contributed by atoms with Crippen molar-refractivity contribution in [2.75, 3.05) is 5.32 Å². The average Bonchev–Trinajstić information content (AvgIpc) is 2.24. The number of rotatable bonds is 4. The van der Waals surface area contributed by atoms with Crippen molar-refractivity contribution in [1.82, 2.24) is 5.32 Å². The van der Waals surface area contributed by atoms with E-state index in [9.17, 15) is 9.59 Å². The minimum atomic E-state index is -1.000. The summed E-state index contributed by atoms with van der Waals surface area (Å²) in [6, 6.07) is 1.73. The smallest absolute Gasteiger partial charge is 0.319 e. The number of carboxylic acid groups (broad SMARTS) is 1. The van der Waals surface area contributed by atoms with E-state index in [4.69, 9.17) is 39.9 Å². The van der Waals surface area contributed by atoms with Gasteiger partial charge < -0.3 is 15.7 Å². The third kappa shape index (κ3) is 5.14. The van der Waals surface area contributed by atoms with Gasteiger partial charge in [-0.25, -0.2) is 4.79 Å². The van der Waals surface area contributed by atoms with E-state index in [2.05, 4.69) is 10.6 Å². The first kappa shape index (κ1) is 15.9. The fraction of sp³-hybridized carbons (Fsp3) is 0.273. The van der Waals surface area contributed by atoms with Crippen LogP contribution < -0.4 is 10.6 Å². The van der Waals surface area contributed by atoms with E-state index >= 15 is 0 Å². The minimum Gasteiger partial charge on any atom is -0.481 e. The number of benzene rings is 1. The van der Waals surface area contributed by atoms with Crippen LogP contribution in [0.2, 0.25) is 15.1 Å². The Kier molecular flexibility index (Phi) is 5.72. The van der Waals surface area contributed by atoms with E-state index in [1.54, 1.807) is 6.92 Å². The Bertz CT molecular complexity index is 508. The summed E-state index contributed by atoms with van der Waals surface area (Å²) in [6.45, 7) is 1.57. The third-order valence-electron chi connectivity index (χ3n) is 2.12. The van der Waals surface area contributed by atoms with E-state index in [0.717, 1.165) is 0 Å². The molecule has 2 amide bonds. The molecule has 1 unspecified atom stereocenters. The van der Waals surface area contributed by atoms with Crippen molar-refractivity contribution in [1.29, 1.82) is 0 Å². The van der Waals surface area contributed by atoms with Gasteiger partial charge in [0.25, 0.3) is 0 Å². The standard InChI is InChI=1S/C11H11Cl3N2O3/c1-5(2-10(17)18)15-11(19)16-9-4-7(13)6(12)3-8(9)14/h3-5H,2H2,1H3,(H,17,18)(H2,15,16,19). The van der Waals surface area contributed by atoms with Crippen molar-refractivity contribution in [2.45, 2.75) is 19.4 Å². The van der Waals surface area contributed by atoms with E-state index in [1.807, 2.05) is 0 Å². The van der Waals surface area contributed by atoms with Gasteiger partial charge in [0.1, 0.15) is 0 Å². The largest absolute Gasteiger partial charge is 0.481 e. The Hall–Kier alpha value is -1.17. The lowest BCUT2D eigenvalue weighted by atomic mass is 10.2. The highest BCUT2D eigenvalue weighted by Gasteiger charge is 2.13. The summed E-state index contributed by atoms with van der Waals surface area (Å²) in [7, 11) is 0. The second-order valence-electron chi connectivity index (χ2n) is 3.84. The molecule has 0 fully saturated rings. The van der Waals surface area contributed by atoms with Gasteiger partial charge in [-0.3, -0.25) is 4.79 Å². The summed E-state index contributed by atoms with van der Waals surface area (Å²) in [5, 5.41) is 14.2. The minimum absolute atomic E-state index is 0.178. The lowest BCUT2D eigenvalue weighted by Gasteiger charge is -2.13. The van der Waals surface area contributed by atoms with Crippen LogP contribution in [0.15, 0.2) is 12.1 Å². The van der Waals surface area contributed by atoms with Crippen LogP contribution in [0.5, 0.6) is 0 Å². The number of halogens is 3. The molecule has 0 aliphatic rings. The molecule has 1 aromatic rings. The number of urea groups is 1. The summed E-state index contributed by atoms with van der Waals surface area (Å²) >= 11 is 17.4. The fourth-order valence-electron chi connectivity index (χ4n) is 1.31. The van der Waals surface area contributed by atoms with Crippen LogP contribution in [0.1, 0.15) is 13.3 Å². The SMILES string of the molecule is CC(CC(=O)O)NC(=O)Nc1cc(Cl)c(Cl)cc1Cl. The average molecular weight is 326 g/mol. The van der Waals surface area contributed by atoms with Crippen molar-refractivity contribution in [3.05, 3.63) is 27.2 Å². The first-order valence-corrected chi connectivity index (χ1v) is 6.37. The Morgan fingerprint density at radius 2 is 1.79 bits per heavy atom. The van der Waals surface area contributed by atoms with E-state index in [1.165, 1.54) is 12.1 Å². The third-order valence-corrected chi connectivity index (χ3v) is 3.15. The van der Waals surface area contributed by atoms with Gasteiger partial charge in [-0.1, -0.05) is 34.8 Å². The van der Waals surface area contributed by atoms with Crippen molar-refractivity contribution < 1.29 is 14.7 Å². The summed E-state index contributed by atoms with van der Waals surface area (Å²) in [5.74, 6) is -1.000. The summed E-state index contributed by atoms with van der Waals surface area (Å²) in [4.78, 5) is 22.1. The maximum absolute atomic E-state index is 11.6. The van der Waals surface area contributed by atoms with Gasteiger partial charge in [-0.05, 0) is 19.1 Å². The Morgan fingerprint density at radius 3 is 2.37 bits per heavy atom. The Labute approximate surface area is 124 Å². The summed E-state index contributed by atoms with van der Waals surface area (Å²) in [6.07, 6.45) is -0.178. The number of hydrogen-bond donors (Lipinski definition) is 3. The van der Waals surface area contributed by atoms with Crippen LogP contribution in [0, 0.1) is 0 Å². The predicted octanol–water partition coefficient (Wildman–Crippen LogP) is 3.63.